The molecule has 1 aromatic carbocycles. The number of carbonyl (C=O) groups excluding carboxylic acids is 3. The number of rotatable bonds is 4. The Morgan fingerprint density at radius 3 is 2.55 bits per heavy atom. The van der Waals surface area contributed by atoms with Crippen molar-refractivity contribution in [3.8, 4) is 0 Å². The van der Waals surface area contributed by atoms with Crippen LogP contribution in [0.4, 0.5) is 5.69 Å². The predicted molar refractivity (Wildman–Crippen MR) is 74.1 cm³/mol. The van der Waals surface area contributed by atoms with Crippen molar-refractivity contribution in [2.75, 3.05) is 26.4 Å². The van der Waals surface area contributed by atoms with E-state index in [0.29, 0.717) is 24.1 Å². The molecule has 3 amide bonds. The Morgan fingerprint density at radius 1 is 1.25 bits per heavy atom. The van der Waals surface area contributed by atoms with Crippen LogP contribution in [0.5, 0.6) is 0 Å². The Bertz CT molecular complexity index is 581. The molecule has 6 nitrogen and oxygen atoms in total. The van der Waals surface area contributed by atoms with Crippen molar-refractivity contribution in [1.29, 1.82) is 0 Å². The van der Waals surface area contributed by atoms with Gasteiger partial charge in [-0.2, -0.15) is 0 Å². The number of nitrogen functional groups attached to an aromatic ring is 1. The number of nitrogens with zero attached hydrogens (tertiary/aromatic N) is 2. The van der Waals surface area contributed by atoms with Crippen LogP contribution in [-0.4, -0.2) is 48.2 Å². The molecule has 0 atom stereocenters. The second-order valence-corrected chi connectivity index (χ2v) is 4.92. The van der Waals surface area contributed by atoms with Crippen molar-refractivity contribution in [3.63, 3.8) is 0 Å². The van der Waals surface area contributed by atoms with E-state index in [-0.39, 0.29) is 29.8 Å². The van der Waals surface area contributed by atoms with E-state index in [4.69, 9.17) is 5.73 Å². The molecule has 6 heteroatoms. The molecule has 20 heavy (non-hydrogen) atoms. The molecule has 0 aliphatic carbocycles. The van der Waals surface area contributed by atoms with Crippen molar-refractivity contribution in [3.05, 3.63) is 29.3 Å². The highest BCUT2D eigenvalue weighted by Crippen LogP contribution is 2.27. The summed E-state index contributed by atoms with van der Waals surface area (Å²) in [5, 5.41) is 0. The van der Waals surface area contributed by atoms with Crippen molar-refractivity contribution >= 4 is 23.4 Å². The maximum Gasteiger partial charge on any atom is 0.263 e. The number of hydrogen-bond acceptors (Lipinski definition) is 4. The van der Waals surface area contributed by atoms with Gasteiger partial charge in [-0.15, -0.1) is 0 Å². The second kappa shape index (κ2) is 5.32. The second-order valence-electron chi connectivity index (χ2n) is 4.92. The zero-order chi connectivity index (χ0) is 14.9. The van der Waals surface area contributed by atoms with Crippen LogP contribution in [0, 0.1) is 0 Å². The lowest BCUT2D eigenvalue weighted by Gasteiger charge is -2.15. The van der Waals surface area contributed by atoms with Crippen LogP contribution in [0.25, 0.3) is 0 Å². The highest BCUT2D eigenvalue weighted by Gasteiger charge is 2.36. The number of anilines is 1. The minimum absolute atomic E-state index is 0.0267. The van der Waals surface area contributed by atoms with Gasteiger partial charge in [0.1, 0.15) is 0 Å². The van der Waals surface area contributed by atoms with Gasteiger partial charge in [-0.05, 0) is 18.6 Å². The Labute approximate surface area is 117 Å². The van der Waals surface area contributed by atoms with E-state index in [1.54, 1.807) is 32.3 Å². The third-order valence-electron chi connectivity index (χ3n) is 3.30. The number of imide groups is 1. The molecule has 106 valence electrons. The van der Waals surface area contributed by atoms with Gasteiger partial charge in [0, 0.05) is 32.7 Å². The Balaban J connectivity index is 2.06. The van der Waals surface area contributed by atoms with Gasteiger partial charge in [-0.3, -0.25) is 19.3 Å². The van der Waals surface area contributed by atoms with Crippen molar-refractivity contribution in [2.24, 2.45) is 0 Å². The third kappa shape index (κ3) is 2.36. The summed E-state index contributed by atoms with van der Waals surface area (Å²) in [5.41, 5.74) is 6.67. The first-order chi connectivity index (χ1) is 9.43. The predicted octanol–water partition coefficient (Wildman–Crippen LogP) is 0.733. The number of fused-ring (bicyclic) bond motifs is 1. The van der Waals surface area contributed by atoms with Crippen molar-refractivity contribution < 1.29 is 14.4 Å². The lowest BCUT2D eigenvalue weighted by Crippen LogP contribution is -2.32. The van der Waals surface area contributed by atoms with Crippen LogP contribution in [-0.2, 0) is 4.79 Å². The van der Waals surface area contributed by atoms with Crippen LogP contribution in [0.2, 0.25) is 0 Å². The zero-order valence-corrected chi connectivity index (χ0v) is 11.5. The highest BCUT2D eigenvalue weighted by atomic mass is 16.2. The third-order valence-corrected chi connectivity index (χ3v) is 3.30. The molecule has 0 saturated heterocycles. The molecular weight excluding hydrogens is 258 g/mol. The van der Waals surface area contributed by atoms with E-state index < -0.39 is 0 Å². The summed E-state index contributed by atoms with van der Waals surface area (Å²) in [5.74, 6) is -0.740. The molecule has 2 N–H and O–H groups in total. The largest absolute Gasteiger partial charge is 0.398 e. The van der Waals surface area contributed by atoms with Gasteiger partial charge in [-0.25, -0.2) is 0 Å². The van der Waals surface area contributed by atoms with Gasteiger partial charge < -0.3 is 10.6 Å². The van der Waals surface area contributed by atoms with Gasteiger partial charge >= 0.3 is 0 Å². The molecular formula is C14H17N3O3. The van der Waals surface area contributed by atoms with Crippen molar-refractivity contribution in [2.45, 2.75) is 12.8 Å². The van der Waals surface area contributed by atoms with E-state index in [1.165, 1.54) is 4.90 Å². The standard InChI is InChI=1S/C14H17N3O3/c1-16(2)11(18)7-4-8-17-13(19)9-5-3-6-10(15)12(9)14(17)20/h3,5-6H,4,7-8,15H2,1-2H3. The number of carbonyl (C=O) groups is 3. The number of nitrogens with two attached hydrogens (primary N) is 1. The average molecular weight is 275 g/mol. The lowest BCUT2D eigenvalue weighted by molar-refractivity contribution is -0.128. The van der Waals surface area contributed by atoms with E-state index in [1.807, 2.05) is 0 Å². The fourth-order valence-corrected chi connectivity index (χ4v) is 2.17. The van der Waals surface area contributed by atoms with Crippen LogP contribution in [0.15, 0.2) is 18.2 Å². The monoisotopic (exact) mass is 275 g/mol. The van der Waals surface area contributed by atoms with E-state index in [2.05, 4.69) is 0 Å². The van der Waals surface area contributed by atoms with Crippen LogP contribution >= 0.6 is 0 Å². The van der Waals surface area contributed by atoms with Crippen molar-refractivity contribution in [1.82, 2.24) is 9.80 Å². The first-order valence-electron chi connectivity index (χ1n) is 6.38. The number of hydrogen-bond donors (Lipinski definition) is 1. The smallest absolute Gasteiger partial charge is 0.263 e. The molecule has 0 unspecified atom stereocenters. The Morgan fingerprint density at radius 2 is 1.95 bits per heavy atom. The summed E-state index contributed by atoms with van der Waals surface area (Å²) in [6, 6.07) is 4.85. The van der Waals surface area contributed by atoms with E-state index in [9.17, 15) is 14.4 Å². The minimum Gasteiger partial charge on any atom is -0.398 e. The van der Waals surface area contributed by atoms with Gasteiger partial charge in [0.15, 0.2) is 0 Å². The van der Waals surface area contributed by atoms with Gasteiger partial charge in [0.05, 0.1) is 11.1 Å². The zero-order valence-electron chi connectivity index (χ0n) is 11.5. The molecule has 0 saturated carbocycles. The molecule has 0 bridgehead atoms. The summed E-state index contributed by atoms with van der Waals surface area (Å²) in [6.45, 7) is 0.228. The first-order valence-corrected chi connectivity index (χ1v) is 6.38. The lowest BCUT2D eigenvalue weighted by atomic mass is 10.1. The van der Waals surface area contributed by atoms with Crippen LogP contribution in [0.1, 0.15) is 33.6 Å². The summed E-state index contributed by atoms with van der Waals surface area (Å²) >= 11 is 0. The number of benzene rings is 1. The quantitative estimate of drug-likeness (QED) is 0.648. The summed E-state index contributed by atoms with van der Waals surface area (Å²) in [6.07, 6.45) is 0.748. The Hall–Kier alpha value is -2.37. The maximum atomic E-state index is 12.2. The molecule has 0 aromatic heterocycles. The normalized spacial score (nSPS) is 13.6. The fraction of sp³-hybridized carbons (Fsp3) is 0.357. The maximum absolute atomic E-state index is 12.2. The molecule has 2 rings (SSSR count). The van der Waals surface area contributed by atoms with Gasteiger partial charge in [0.25, 0.3) is 11.8 Å². The first kappa shape index (κ1) is 14.0. The SMILES string of the molecule is CN(C)C(=O)CCCN1C(=O)c2cccc(N)c2C1=O. The summed E-state index contributed by atoms with van der Waals surface area (Å²) in [7, 11) is 3.34. The highest BCUT2D eigenvalue weighted by molar-refractivity contribution is 6.23. The molecule has 1 aliphatic rings. The number of amides is 3. The molecule has 1 aliphatic heterocycles. The molecule has 0 radical (unpaired) electrons. The Kier molecular flexibility index (Phi) is 3.74. The average Bonchev–Trinajstić information content (AvgIpc) is 2.64. The van der Waals surface area contributed by atoms with E-state index in [0.717, 1.165) is 4.90 Å². The van der Waals surface area contributed by atoms with Gasteiger partial charge in [0.2, 0.25) is 5.91 Å². The minimum atomic E-state index is -0.375. The van der Waals surface area contributed by atoms with E-state index >= 15 is 0 Å². The molecule has 0 spiro atoms. The topological polar surface area (TPSA) is 83.7 Å². The van der Waals surface area contributed by atoms with Gasteiger partial charge in [-0.1, -0.05) is 6.07 Å². The fourth-order valence-electron chi connectivity index (χ4n) is 2.17. The molecule has 1 heterocycles. The molecule has 1 aromatic rings. The molecule has 0 fully saturated rings. The summed E-state index contributed by atoms with van der Waals surface area (Å²) < 4.78 is 0. The summed E-state index contributed by atoms with van der Waals surface area (Å²) in [4.78, 5) is 38.4. The van der Waals surface area contributed by atoms with Crippen LogP contribution < -0.4 is 5.73 Å². The van der Waals surface area contributed by atoms with Crippen LogP contribution in [0.3, 0.4) is 0 Å².